The second-order valence-corrected chi connectivity index (χ2v) is 8.23. The average Bonchev–Trinajstić information content (AvgIpc) is 3.16. The molecule has 2 aliphatic rings. The number of anilines is 2. The van der Waals surface area contributed by atoms with Crippen molar-refractivity contribution < 1.29 is 9.53 Å². The van der Waals surface area contributed by atoms with Crippen LogP contribution in [0.2, 0.25) is 0 Å². The number of nitrogens with one attached hydrogen (secondary N) is 1. The molecule has 1 saturated carbocycles. The van der Waals surface area contributed by atoms with Gasteiger partial charge >= 0.3 is 6.09 Å². The summed E-state index contributed by atoms with van der Waals surface area (Å²) in [4.78, 5) is 25.9. The maximum atomic E-state index is 12.4. The first-order valence-corrected chi connectivity index (χ1v) is 10.7. The number of carbonyl (C=O) groups excluding carboxylic acids is 1. The van der Waals surface area contributed by atoms with Gasteiger partial charge in [0.15, 0.2) is 11.6 Å². The van der Waals surface area contributed by atoms with Gasteiger partial charge in [0.25, 0.3) is 5.56 Å². The second-order valence-electron chi connectivity index (χ2n) is 8.23. The van der Waals surface area contributed by atoms with Crippen LogP contribution in [0, 0.1) is 5.92 Å². The zero-order valence-corrected chi connectivity index (χ0v) is 17.4. The summed E-state index contributed by atoms with van der Waals surface area (Å²) < 4.78 is 7.23. The minimum Gasteiger partial charge on any atom is -0.441 e. The van der Waals surface area contributed by atoms with Gasteiger partial charge in [-0.2, -0.15) is 5.10 Å². The fourth-order valence-electron chi connectivity index (χ4n) is 4.32. The van der Waals surface area contributed by atoms with Crippen LogP contribution < -0.4 is 15.8 Å². The minimum atomic E-state index is -0.449. The molecule has 0 unspecified atom stereocenters. The van der Waals surface area contributed by atoms with Crippen molar-refractivity contribution in [3.63, 3.8) is 0 Å². The Morgan fingerprint density at radius 2 is 1.88 bits per heavy atom. The molecule has 2 fully saturated rings. The van der Waals surface area contributed by atoms with E-state index < -0.39 is 5.60 Å². The molecule has 1 spiro atoms. The zero-order valence-electron chi connectivity index (χ0n) is 17.4. The number of nitrogens with zero attached hydrogens (tertiary/aromatic N) is 6. The van der Waals surface area contributed by atoms with E-state index in [1.807, 2.05) is 6.07 Å². The Hall–Kier alpha value is -3.82. The van der Waals surface area contributed by atoms with Gasteiger partial charge in [0.05, 0.1) is 6.54 Å². The Labute approximate surface area is 184 Å². The van der Waals surface area contributed by atoms with Crippen molar-refractivity contribution in [2.45, 2.75) is 31.3 Å². The highest BCUT2D eigenvalue weighted by molar-refractivity contribution is 5.89. The molecule has 3 aromatic heterocycles. The molecule has 164 valence electrons. The molecule has 10 nitrogen and oxygen atoms in total. The summed E-state index contributed by atoms with van der Waals surface area (Å²) >= 11 is 0. The molecule has 5 rings (SSSR count). The lowest BCUT2D eigenvalue weighted by atomic mass is 9.78. The number of amides is 1. The molecule has 0 atom stereocenters. The van der Waals surface area contributed by atoms with Crippen LogP contribution in [0.15, 0.2) is 59.7 Å². The predicted octanol–water partition coefficient (Wildman–Crippen LogP) is 2.42. The van der Waals surface area contributed by atoms with Crippen LogP contribution in [0.4, 0.5) is 16.4 Å². The van der Waals surface area contributed by atoms with Crippen molar-refractivity contribution in [1.82, 2.24) is 25.0 Å². The SMILES string of the molecule is O=C1O[C@]2(CC[C@H](CNc3ccc(-n4ccccc4=O)nn3)CC2)CN1c1cccnn1. The van der Waals surface area contributed by atoms with Crippen LogP contribution in [0.25, 0.3) is 5.82 Å². The van der Waals surface area contributed by atoms with Crippen LogP contribution in [0.1, 0.15) is 25.7 Å². The van der Waals surface area contributed by atoms with Crippen molar-refractivity contribution in [3.05, 3.63) is 65.2 Å². The molecule has 10 heteroatoms. The maximum Gasteiger partial charge on any atom is 0.416 e. The van der Waals surface area contributed by atoms with Crippen molar-refractivity contribution in [1.29, 1.82) is 0 Å². The van der Waals surface area contributed by atoms with Crippen LogP contribution in [0.5, 0.6) is 0 Å². The maximum absolute atomic E-state index is 12.4. The van der Waals surface area contributed by atoms with Crippen molar-refractivity contribution in [3.8, 4) is 5.82 Å². The van der Waals surface area contributed by atoms with E-state index in [0.29, 0.717) is 29.9 Å². The summed E-state index contributed by atoms with van der Waals surface area (Å²) in [5, 5.41) is 19.6. The summed E-state index contributed by atoms with van der Waals surface area (Å²) in [6, 6.07) is 12.1. The standard InChI is InChI=1S/C22H23N7O3/c30-20-5-1-2-13-28(20)19-7-6-17(25-27-19)23-14-16-8-10-22(11-9-16)15-29(21(31)32-22)18-4-3-12-24-26-18/h1-7,12-13,16H,8-11,14-15H2,(H,23,25)/t16-,22-. The normalized spacial score (nSPS) is 22.7. The lowest BCUT2D eigenvalue weighted by Gasteiger charge is -2.35. The monoisotopic (exact) mass is 433 g/mol. The van der Waals surface area contributed by atoms with Crippen LogP contribution in [0.3, 0.4) is 0 Å². The number of carbonyl (C=O) groups is 1. The fraction of sp³-hybridized carbons (Fsp3) is 0.364. The van der Waals surface area contributed by atoms with E-state index in [2.05, 4.69) is 25.7 Å². The van der Waals surface area contributed by atoms with Gasteiger partial charge in [0.1, 0.15) is 11.4 Å². The number of hydrogen-bond donors (Lipinski definition) is 1. The Morgan fingerprint density at radius 3 is 2.59 bits per heavy atom. The molecule has 1 aliphatic heterocycles. The molecule has 1 amide bonds. The largest absolute Gasteiger partial charge is 0.441 e. The van der Waals surface area contributed by atoms with E-state index in [1.165, 1.54) is 10.6 Å². The highest BCUT2D eigenvalue weighted by atomic mass is 16.6. The average molecular weight is 433 g/mol. The van der Waals surface area contributed by atoms with Crippen molar-refractivity contribution >= 4 is 17.7 Å². The van der Waals surface area contributed by atoms with Gasteiger partial charge in [-0.1, -0.05) is 6.07 Å². The van der Waals surface area contributed by atoms with Gasteiger partial charge in [-0.15, -0.1) is 15.3 Å². The van der Waals surface area contributed by atoms with Gasteiger partial charge in [0.2, 0.25) is 0 Å². The van der Waals surface area contributed by atoms with Crippen LogP contribution in [-0.2, 0) is 4.74 Å². The summed E-state index contributed by atoms with van der Waals surface area (Å²) in [6.45, 7) is 1.27. The van der Waals surface area contributed by atoms with E-state index in [0.717, 1.165) is 32.2 Å². The van der Waals surface area contributed by atoms with Crippen molar-refractivity contribution in [2.75, 3.05) is 23.3 Å². The van der Waals surface area contributed by atoms with Gasteiger partial charge in [0, 0.05) is 25.0 Å². The third kappa shape index (κ3) is 4.03. The molecular formula is C22H23N7O3. The van der Waals surface area contributed by atoms with Gasteiger partial charge in [-0.05, 0) is 61.9 Å². The summed E-state index contributed by atoms with van der Waals surface area (Å²) in [6.07, 6.45) is 6.40. The number of hydrogen-bond acceptors (Lipinski definition) is 8. The van der Waals surface area contributed by atoms with Gasteiger partial charge < -0.3 is 10.1 Å². The number of aromatic nitrogens is 5. The Kier molecular flexibility index (Phi) is 5.26. The smallest absolute Gasteiger partial charge is 0.416 e. The highest BCUT2D eigenvalue weighted by Gasteiger charge is 2.48. The molecule has 1 saturated heterocycles. The Balaban J connectivity index is 1.15. The molecule has 32 heavy (non-hydrogen) atoms. The lowest BCUT2D eigenvalue weighted by molar-refractivity contribution is 0.0148. The molecule has 0 radical (unpaired) electrons. The predicted molar refractivity (Wildman–Crippen MR) is 117 cm³/mol. The number of ether oxygens (including phenoxy) is 1. The van der Waals surface area contributed by atoms with E-state index in [4.69, 9.17) is 4.74 Å². The Bertz CT molecular complexity index is 1140. The molecule has 1 aliphatic carbocycles. The molecule has 0 aromatic carbocycles. The van der Waals surface area contributed by atoms with Crippen LogP contribution >= 0.6 is 0 Å². The van der Waals surface area contributed by atoms with E-state index in [9.17, 15) is 9.59 Å². The zero-order chi connectivity index (χ0) is 22.0. The molecule has 4 heterocycles. The number of rotatable bonds is 5. The fourth-order valence-corrected chi connectivity index (χ4v) is 4.32. The van der Waals surface area contributed by atoms with Gasteiger partial charge in [-0.25, -0.2) is 4.79 Å². The molecule has 1 N–H and O–H groups in total. The summed E-state index contributed by atoms with van der Waals surface area (Å²) in [5.41, 5.74) is -0.598. The van der Waals surface area contributed by atoms with Crippen molar-refractivity contribution in [2.24, 2.45) is 5.92 Å². The molecule has 3 aromatic rings. The quantitative estimate of drug-likeness (QED) is 0.652. The first-order chi connectivity index (χ1) is 15.6. The minimum absolute atomic E-state index is 0.149. The van der Waals surface area contributed by atoms with E-state index in [-0.39, 0.29) is 11.7 Å². The second kappa shape index (κ2) is 8.37. The van der Waals surface area contributed by atoms with E-state index >= 15 is 0 Å². The third-order valence-electron chi connectivity index (χ3n) is 6.11. The van der Waals surface area contributed by atoms with E-state index in [1.54, 1.807) is 47.6 Å². The highest BCUT2D eigenvalue weighted by Crippen LogP contribution is 2.40. The summed E-state index contributed by atoms with van der Waals surface area (Å²) in [7, 11) is 0. The number of pyridine rings is 1. The molecule has 0 bridgehead atoms. The summed E-state index contributed by atoms with van der Waals surface area (Å²) in [5.74, 6) is 2.12. The van der Waals surface area contributed by atoms with Crippen LogP contribution in [-0.4, -0.2) is 49.7 Å². The van der Waals surface area contributed by atoms with Gasteiger partial charge in [-0.3, -0.25) is 14.3 Å². The molecular weight excluding hydrogens is 410 g/mol. The lowest BCUT2D eigenvalue weighted by Crippen LogP contribution is -2.39. The first kappa shape index (κ1) is 20.1. The topological polar surface area (TPSA) is 115 Å². The Morgan fingerprint density at radius 1 is 1.00 bits per heavy atom. The third-order valence-corrected chi connectivity index (χ3v) is 6.11. The first-order valence-electron chi connectivity index (χ1n) is 10.7.